The summed E-state index contributed by atoms with van der Waals surface area (Å²) >= 11 is 1.62. The van der Waals surface area contributed by atoms with Crippen molar-refractivity contribution < 1.29 is 8.42 Å². The van der Waals surface area contributed by atoms with Crippen LogP contribution in [0.1, 0.15) is 10.4 Å². The number of benzene rings is 1. The number of anilines is 1. The summed E-state index contributed by atoms with van der Waals surface area (Å²) in [4.78, 5) is 5.53. The maximum absolute atomic E-state index is 13.4. The van der Waals surface area contributed by atoms with Gasteiger partial charge in [-0.05, 0) is 36.4 Å². The van der Waals surface area contributed by atoms with Crippen LogP contribution in [0.2, 0.25) is 0 Å². The summed E-state index contributed by atoms with van der Waals surface area (Å²) < 4.78 is 28.2. The molecule has 0 radical (unpaired) electrons. The van der Waals surface area contributed by atoms with Gasteiger partial charge in [-0.15, -0.1) is 11.3 Å². The Bertz CT molecular complexity index is 1000. The van der Waals surface area contributed by atoms with Crippen molar-refractivity contribution >= 4 is 38.0 Å². The third-order valence-corrected chi connectivity index (χ3v) is 7.16. The average molecular weight is 391 g/mol. The van der Waals surface area contributed by atoms with Gasteiger partial charge in [0, 0.05) is 41.5 Å². The lowest BCUT2D eigenvalue weighted by Gasteiger charge is -2.23. The Balaban J connectivity index is 2.04. The molecule has 3 rings (SSSR count). The molecule has 0 atom stereocenters. The number of sulfonamides is 1. The zero-order valence-corrected chi connectivity index (χ0v) is 16.2. The molecule has 6 nitrogen and oxygen atoms in total. The van der Waals surface area contributed by atoms with Gasteiger partial charge in [0.05, 0.1) is 4.90 Å². The van der Waals surface area contributed by atoms with Crippen molar-refractivity contribution in [2.24, 2.45) is 5.73 Å². The van der Waals surface area contributed by atoms with Gasteiger partial charge in [-0.1, -0.05) is 18.2 Å². The minimum absolute atomic E-state index is 0.251. The molecule has 0 spiro atoms. The van der Waals surface area contributed by atoms with E-state index >= 15 is 0 Å². The molecule has 0 bridgehead atoms. The number of rotatable bonds is 7. The smallest absolute Gasteiger partial charge is 0.243 e. The first kappa shape index (κ1) is 18.8. The normalized spacial score (nSPS) is 12.1. The van der Waals surface area contributed by atoms with E-state index in [2.05, 4.69) is 4.98 Å². The first-order valence-corrected chi connectivity index (χ1v) is 10.6. The van der Waals surface area contributed by atoms with Crippen LogP contribution in [0, 0.1) is 6.92 Å². The predicted molar refractivity (Wildman–Crippen MR) is 107 cm³/mol. The van der Waals surface area contributed by atoms with Crippen LogP contribution in [0.3, 0.4) is 0 Å². The second kappa shape index (κ2) is 7.71. The van der Waals surface area contributed by atoms with Gasteiger partial charge >= 0.3 is 0 Å². The van der Waals surface area contributed by atoms with E-state index in [1.165, 1.54) is 4.31 Å². The Labute approximate surface area is 157 Å². The fourth-order valence-corrected chi connectivity index (χ4v) is 5.42. The summed E-state index contributed by atoms with van der Waals surface area (Å²) in [5.41, 5.74) is 12.4. The highest BCUT2D eigenvalue weighted by molar-refractivity contribution is 7.89. The standard InChI is InChI=1S/C18H22N4O2S2/c1-13-12-21-18(20)15-5-2-6-16(17(13)15)26(23,24)22(10-8-19)9-7-14-4-3-11-25-14/h2-6,11-12H,7-10,19H2,1H3,(H2,20,21). The monoisotopic (exact) mass is 390 g/mol. The number of aromatic nitrogens is 1. The molecule has 3 aromatic rings. The van der Waals surface area contributed by atoms with E-state index in [1.807, 2.05) is 24.4 Å². The number of nitrogens with two attached hydrogens (primary N) is 2. The Morgan fingerprint density at radius 1 is 1.19 bits per heavy atom. The number of hydrogen-bond acceptors (Lipinski definition) is 6. The van der Waals surface area contributed by atoms with Crippen molar-refractivity contribution in [1.82, 2.24) is 9.29 Å². The van der Waals surface area contributed by atoms with Gasteiger partial charge in [0.25, 0.3) is 0 Å². The van der Waals surface area contributed by atoms with E-state index in [0.29, 0.717) is 29.6 Å². The average Bonchev–Trinajstić information content (AvgIpc) is 3.14. The Morgan fingerprint density at radius 3 is 2.69 bits per heavy atom. The maximum atomic E-state index is 13.4. The first-order valence-electron chi connectivity index (χ1n) is 8.31. The minimum atomic E-state index is -3.71. The number of thiophene rings is 1. The van der Waals surface area contributed by atoms with Crippen LogP contribution in [0.5, 0.6) is 0 Å². The van der Waals surface area contributed by atoms with Gasteiger partial charge in [0.2, 0.25) is 10.0 Å². The quantitative estimate of drug-likeness (QED) is 0.645. The molecule has 0 fully saturated rings. The van der Waals surface area contributed by atoms with Crippen molar-refractivity contribution in [2.45, 2.75) is 18.2 Å². The highest BCUT2D eigenvalue weighted by atomic mass is 32.2. The van der Waals surface area contributed by atoms with E-state index in [-0.39, 0.29) is 18.0 Å². The maximum Gasteiger partial charge on any atom is 0.243 e. The van der Waals surface area contributed by atoms with Crippen molar-refractivity contribution in [3.05, 3.63) is 52.3 Å². The molecule has 0 aliphatic heterocycles. The van der Waals surface area contributed by atoms with Crippen LogP contribution < -0.4 is 11.5 Å². The molecule has 0 saturated heterocycles. The Kier molecular flexibility index (Phi) is 5.57. The van der Waals surface area contributed by atoms with Crippen molar-refractivity contribution in [2.75, 3.05) is 25.4 Å². The molecule has 0 unspecified atom stereocenters. The lowest BCUT2D eigenvalue weighted by molar-refractivity contribution is 0.423. The molecule has 8 heteroatoms. The van der Waals surface area contributed by atoms with Crippen LogP contribution in [-0.4, -0.2) is 37.3 Å². The van der Waals surface area contributed by atoms with E-state index in [1.54, 1.807) is 35.7 Å². The number of nitrogen functional groups attached to an aromatic ring is 1. The second-order valence-corrected chi connectivity index (χ2v) is 8.97. The second-order valence-electron chi connectivity index (χ2n) is 6.03. The number of hydrogen-bond donors (Lipinski definition) is 2. The fraction of sp³-hybridized carbons (Fsp3) is 0.278. The van der Waals surface area contributed by atoms with Gasteiger partial charge in [0.1, 0.15) is 5.82 Å². The lowest BCUT2D eigenvalue weighted by atomic mass is 10.1. The van der Waals surface area contributed by atoms with Crippen LogP contribution in [0.4, 0.5) is 5.82 Å². The summed E-state index contributed by atoms with van der Waals surface area (Å²) in [5, 5.41) is 3.26. The van der Waals surface area contributed by atoms with Gasteiger partial charge in [-0.25, -0.2) is 13.4 Å². The van der Waals surface area contributed by atoms with Crippen LogP contribution in [0.15, 0.2) is 46.8 Å². The minimum Gasteiger partial charge on any atom is -0.383 e. The largest absolute Gasteiger partial charge is 0.383 e. The first-order chi connectivity index (χ1) is 12.4. The summed E-state index contributed by atoms with van der Waals surface area (Å²) in [6.07, 6.45) is 2.26. The van der Waals surface area contributed by atoms with Crippen molar-refractivity contribution in [3.63, 3.8) is 0 Å². The molecule has 0 amide bonds. The molecular formula is C18H22N4O2S2. The molecule has 26 heavy (non-hydrogen) atoms. The summed E-state index contributed by atoms with van der Waals surface area (Å²) in [6, 6.07) is 9.09. The molecular weight excluding hydrogens is 368 g/mol. The van der Waals surface area contributed by atoms with E-state index in [0.717, 1.165) is 10.4 Å². The summed E-state index contributed by atoms with van der Waals surface area (Å²) in [7, 11) is -3.71. The number of pyridine rings is 1. The molecule has 2 aromatic heterocycles. The summed E-state index contributed by atoms with van der Waals surface area (Å²) in [6.45, 7) is 2.75. The molecule has 138 valence electrons. The molecule has 2 heterocycles. The molecule has 0 saturated carbocycles. The Morgan fingerprint density at radius 2 is 2.00 bits per heavy atom. The van der Waals surface area contributed by atoms with Crippen LogP contribution >= 0.6 is 11.3 Å². The topological polar surface area (TPSA) is 102 Å². The van der Waals surface area contributed by atoms with Crippen LogP contribution in [-0.2, 0) is 16.4 Å². The van der Waals surface area contributed by atoms with Gasteiger partial charge < -0.3 is 11.5 Å². The van der Waals surface area contributed by atoms with E-state index in [9.17, 15) is 8.42 Å². The third kappa shape index (κ3) is 3.59. The third-order valence-electron chi connectivity index (χ3n) is 4.28. The molecule has 4 N–H and O–H groups in total. The summed E-state index contributed by atoms with van der Waals surface area (Å²) in [5.74, 6) is 0.326. The van der Waals surface area contributed by atoms with E-state index < -0.39 is 10.0 Å². The molecule has 1 aromatic carbocycles. The number of aryl methyl sites for hydroxylation is 1. The predicted octanol–water partition coefficient (Wildman–Crippen LogP) is 2.38. The fourth-order valence-electron chi connectivity index (χ4n) is 2.99. The zero-order valence-electron chi connectivity index (χ0n) is 14.6. The van der Waals surface area contributed by atoms with Gasteiger partial charge in [-0.2, -0.15) is 4.31 Å². The highest BCUT2D eigenvalue weighted by Gasteiger charge is 2.26. The lowest BCUT2D eigenvalue weighted by Crippen LogP contribution is -2.37. The number of nitrogens with zero attached hydrogens (tertiary/aromatic N) is 2. The SMILES string of the molecule is Cc1cnc(N)c2cccc(S(=O)(=O)N(CCN)CCc3cccs3)c12. The molecule has 0 aliphatic carbocycles. The zero-order chi connectivity index (χ0) is 18.7. The van der Waals surface area contributed by atoms with Crippen molar-refractivity contribution in [3.8, 4) is 0 Å². The van der Waals surface area contributed by atoms with Crippen molar-refractivity contribution in [1.29, 1.82) is 0 Å². The van der Waals surface area contributed by atoms with Gasteiger partial charge in [0.15, 0.2) is 0 Å². The number of fused-ring (bicyclic) bond motifs is 1. The molecule has 0 aliphatic rings. The van der Waals surface area contributed by atoms with Gasteiger partial charge in [-0.3, -0.25) is 0 Å². The van der Waals surface area contributed by atoms with E-state index in [4.69, 9.17) is 11.5 Å². The Hall–Kier alpha value is -2.00. The highest BCUT2D eigenvalue weighted by Crippen LogP contribution is 2.30. The van der Waals surface area contributed by atoms with Crippen LogP contribution in [0.25, 0.3) is 10.8 Å².